The molecule has 0 aliphatic rings. The lowest BCUT2D eigenvalue weighted by Crippen LogP contribution is -2.22. The molecule has 1 unspecified atom stereocenters. The topological polar surface area (TPSA) is 50.8 Å². The number of ether oxygens (including phenoxy) is 2. The third-order valence-corrected chi connectivity index (χ3v) is 4.09. The number of rotatable bonds is 7. The van der Waals surface area contributed by atoms with E-state index in [1.54, 1.807) is 14.2 Å². The van der Waals surface area contributed by atoms with Crippen LogP contribution in [0.25, 0.3) is 0 Å². The molecule has 134 valence electrons. The minimum atomic E-state index is -0.161. The first-order valence-corrected chi connectivity index (χ1v) is 8.23. The van der Waals surface area contributed by atoms with E-state index in [2.05, 4.69) is 5.32 Å². The molecular weight excluding hydrogens is 316 g/mol. The van der Waals surface area contributed by atoms with Gasteiger partial charge in [-0.25, -0.2) is 0 Å². The number of carbonyl (C=O) groups is 1. The predicted molar refractivity (Wildman–Crippen MR) is 102 cm³/mol. The number of anilines is 2. The van der Waals surface area contributed by atoms with Crippen molar-refractivity contribution < 1.29 is 14.3 Å². The van der Waals surface area contributed by atoms with Crippen molar-refractivity contribution in [3.05, 3.63) is 48.0 Å². The molecule has 0 aromatic heterocycles. The Labute approximate surface area is 149 Å². The molecule has 1 atom stereocenters. The van der Waals surface area contributed by atoms with Crippen LogP contribution in [0.4, 0.5) is 11.4 Å². The zero-order valence-electron chi connectivity index (χ0n) is 15.5. The molecule has 2 aromatic carbocycles. The second kappa shape index (κ2) is 8.42. The molecule has 0 radical (unpaired) electrons. The van der Waals surface area contributed by atoms with Gasteiger partial charge >= 0.3 is 0 Å². The molecule has 2 aromatic rings. The lowest BCUT2D eigenvalue weighted by atomic mass is 10.00. The van der Waals surface area contributed by atoms with Gasteiger partial charge in [0, 0.05) is 31.4 Å². The summed E-state index contributed by atoms with van der Waals surface area (Å²) in [4.78, 5) is 14.5. The van der Waals surface area contributed by atoms with Crippen LogP contribution >= 0.6 is 0 Å². The fraction of sp³-hybridized carbons (Fsp3) is 0.350. The lowest BCUT2D eigenvalue weighted by molar-refractivity contribution is -0.119. The van der Waals surface area contributed by atoms with Crippen LogP contribution in [0.5, 0.6) is 11.5 Å². The Hall–Kier alpha value is -2.69. The van der Waals surface area contributed by atoms with Gasteiger partial charge in [-0.2, -0.15) is 0 Å². The molecule has 5 nitrogen and oxygen atoms in total. The molecule has 0 saturated heterocycles. The maximum atomic E-state index is 12.4. The highest BCUT2D eigenvalue weighted by Crippen LogP contribution is 2.28. The Morgan fingerprint density at radius 3 is 2.24 bits per heavy atom. The Kier molecular flexibility index (Phi) is 6.28. The first kappa shape index (κ1) is 18.6. The highest BCUT2D eigenvalue weighted by atomic mass is 16.5. The third-order valence-electron chi connectivity index (χ3n) is 4.09. The van der Waals surface area contributed by atoms with Gasteiger partial charge in [0.15, 0.2) is 11.5 Å². The van der Waals surface area contributed by atoms with Gasteiger partial charge in [-0.15, -0.1) is 0 Å². The zero-order chi connectivity index (χ0) is 18.4. The van der Waals surface area contributed by atoms with E-state index in [0.717, 1.165) is 16.9 Å². The van der Waals surface area contributed by atoms with E-state index in [0.29, 0.717) is 17.9 Å². The highest BCUT2D eigenvalue weighted by Gasteiger charge is 2.15. The average molecular weight is 342 g/mol. The summed E-state index contributed by atoms with van der Waals surface area (Å²) in [6.07, 6.45) is 0.627. The summed E-state index contributed by atoms with van der Waals surface area (Å²) in [5, 5.41) is 2.97. The summed E-state index contributed by atoms with van der Waals surface area (Å²) in [6, 6.07) is 13.5. The van der Waals surface area contributed by atoms with Gasteiger partial charge in [0.2, 0.25) is 5.91 Å². The van der Waals surface area contributed by atoms with Crippen molar-refractivity contribution in [3.8, 4) is 11.5 Å². The highest BCUT2D eigenvalue weighted by molar-refractivity contribution is 5.92. The second-order valence-electron chi connectivity index (χ2n) is 6.23. The van der Waals surface area contributed by atoms with Gasteiger partial charge in [0.1, 0.15) is 0 Å². The van der Waals surface area contributed by atoms with Crippen LogP contribution in [0.15, 0.2) is 42.5 Å². The first-order chi connectivity index (χ1) is 11.9. The van der Waals surface area contributed by atoms with E-state index in [1.165, 1.54) is 0 Å². The molecule has 1 N–H and O–H groups in total. The van der Waals surface area contributed by atoms with Crippen LogP contribution in [0.2, 0.25) is 0 Å². The third kappa shape index (κ3) is 4.89. The van der Waals surface area contributed by atoms with E-state index >= 15 is 0 Å². The van der Waals surface area contributed by atoms with Crippen molar-refractivity contribution in [3.63, 3.8) is 0 Å². The molecule has 5 heteroatoms. The summed E-state index contributed by atoms with van der Waals surface area (Å²) >= 11 is 0. The van der Waals surface area contributed by atoms with Crippen LogP contribution < -0.4 is 19.7 Å². The number of nitrogens with zero attached hydrogens (tertiary/aromatic N) is 1. The fourth-order valence-electron chi connectivity index (χ4n) is 2.56. The van der Waals surface area contributed by atoms with Crippen molar-refractivity contribution in [2.45, 2.75) is 13.3 Å². The summed E-state index contributed by atoms with van der Waals surface area (Å²) in [5.74, 6) is 1.19. The van der Waals surface area contributed by atoms with Crippen molar-refractivity contribution in [1.82, 2.24) is 0 Å². The molecule has 2 rings (SSSR count). The number of benzene rings is 2. The smallest absolute Gasteiger partial charge is 0.227 e. The Morgan fingerprint density at radius 2 is 1.68 bits per heavy atom. The van der Waals surface area contributed by atoms with Crippen LogP contribution in [-0.4, -0.2) is 34.2 Å². The SMILES string of the molecule is COc1ccc(CC(C)C(=O)Nc2ccc(N(C)C)cc2)cc1OC. The zero-order valence-corrected chi connectivity index (χ0v) is 15.5. The number of hydrogen-bond acceptors (Lipinski definition) is 4. The van der Waals surface area contributed by atoms with E-state index in [9.17, 15) is 4.79 Å². The fourth-order valence-corrected chi connectivity index (χ4v) is 2.56. The van der Waals surface area contributed by atoms with E-state index in [-0.39, 0.29) is 11.8 Å². The van der Waals surface area contributed by atoms with Crippen LogP contribution in [0.3, 0.4) is 0 Å². The lowest BCUT2D eigenvalue weighted by Gasteiger charge is -2.15. The number of carbonyl (C=O) groups excluding carboxylic acids is 1. The molecule has 0 aliphatic heterocycles. The summed E-state index contributed by atoms with van der Waals surface area (Å²) in [6.45, 7) is 1.92. The molecule has 0 saturated carbocycles. The molecule has 0 heterocycles. The summed E-state index contributed by atoms with van der Waals surface area (Å²) < 4.78 is 10.6. The van der Waals surface area contributed by atoms with Gasteiger partial charge in [0.05, 0.1) is 14.2 Å². The predicted octanol–water partition coefficient (Wildman–Crippen LogP) is 3.59. The van der Waals surface area contributed by atoms with Crippen LogP contribution in [0.1, 0.15) is 12.5 Å². The second-order valence-corrected chi connectivity index (χ2v) is 6.23. The van der Waals surface area contributed by atoms with E-state index in [1.807, 2.05) is 68.4 Å². The van der Waals surface area contributed by atoms with Crippen molar-refractivity contribution >= 4 is 17.3 Å². The number of methoxy groups -OCH3 is 2. The van der Waals surface area contributed by atoms with Gasteiger partial charge < -0.3 is 19.7 Å². The van der Waals surface area contributed by atoms with Crippen LogP contribution in [0, 0.1) is 5.92 Å². The Morgan fingerprint density at radius 1 is 1.04 bits per heavy atom. The average Bonchev–Trinajstić information content (AvgIpc) is 2.61. The van der Waals surface area contributed by atoms with E-state index < -0.39 is 0 Å². The maximum absolute atomic E-state index is 12.4. The molecule has 1 amide bonds. The molecule has 0 aliphatic carbocycles. The molecule has 0 spiro atoms. The molecular formula is C20H26N2O3. The van der Waals surface area contributed by atoms with E-state index in [4.69, 9.17) is 9.47 Å². The number of nitrogens with one attached hydrogen (secondary N) is 1. The maximum Gasteiger partial charge on any atom is 0.227 e. The van der Waals surface area contributed by atoms with Crippen molar-refractivity contribution in [2.75, 3.05) is 38.5 Å². The van der Waals surface area contributed by atoms with Gasteiger partial charge in [0.25, 0.3) is 0 Å². The Balaban J connectivity index is 2.00. The van der Waals surface area contributed by atoms with Gasteiger partial charge in [-0.05, 0) is 48.4 Å². The standard InChI is InChI=1S/C20H26N2O3/c1-14(12-15-6-11-18(24-4)19(13-15)25-5)20(23)21-16-7-9-17(10-8-16)22(2)3/h6-11,13-14H,12H2,1-5H3,(H,21,23). The number of hydrogen-bond donors (Lipinski definition) is 1. The number of amides is 1. The van der Waals surface area contributed by atoms with Gasteiger partial charge in [-0.3, -0.25) is 4.79 Å². The van der Waals surface area contributed by atoms with Crippen molar-refractivity contribution in [1.29, 1.82) is 0 Å². The van der Waals surface area contributed by atoms with Gasteiger partial charge in [-0.1, -0.05) is 13.0 Å². The monoisotopic (exact) mass is 342 g/mol. The largest absolute Gasteiger partial charge is 0.493 e. The van der Waals surface area contributed by atoms with Crippen molar-refractivity contribution in [2.24, 2.45) is 5.92 Å². The van der Waals surface area contributed by atoms with Crippen LogP contribution in [-0.2, 0) is 11.2 Å². The normalized spacial score (nSPS) is 11.6. The molecule has 25 heavy (non-hydrogen) atoms. The summed E-state index contributed by atoms with van der Waals surface area (Å²) in [5.41, 5.74) is 2.93. The molecule has 0 fully saturated rings. The summed E-state index contributed by atoms with van der Waals surface area (Å²) in [7, 11) is 7.18. The Bertz CT molecular complexity index is 711. The molecule has 0 bridgehead atoms. The first-order valence-electron chi connectivity index (χ1n) is 8.23. The minimum absolute atomic E-state index is 0.00705. The quantitative estimate of drug-likeness (QED) is 0.835. The minimum Gasteiger partial charge on any atom is -0.493 e.